The average Bonchev–Trinajstić information content (AvgIpc) is 2.07. The van der Waals surface area contributed by atoms with Crippen molar-refractivity contribution < 1.29 is 9.53 Å². The summed E-state index contributed by atoms with van der Waals surface area (Å²) < 4.78 is 5.39. The fourth-order valence-electron chi connectivity index (χ4n) is 1.35. The Morgan fingerprint density at radius 1 is 1.42 bits per heavy atom. The van der Waals surface area contributed by atoms with Gasteiger partial charge in [0.2, 0.25) is 0 Å². The molecule has 0 unspecified atom stereocenters. The Balaban J connectivity index is 2.40. The van der Waals surface area contributed by atoms with Crippen LogP contribution in [0.3, 0.4) is 0 Å². The van der Waals surface area contributed by atoms with E-state index in [9.17, 15) is 4.79 Å². The Bertz CT molecular complexity index is 317. The molecular weight excluding hydrogens is 152 g/mol. The van der Waals surface area contributed by atoms with Crippen molar-refractivity contribution in [3.8, 4) is 5.75 Å². The lowest BCUT2D eigenvalue weighted by Crippen LogP contribution is -2.30. The molecule has 0 saturated carbocycles. The lowest BCUT2D eigenvalue weighted by atomic mass is 10.0. The monoisotopic (exact) mass is 162 g/mol. The summed E-state index contributed by atoms with van der Waals surface area (Å²) in [4.78, 5) is 11.2. The van der Waals surface area contributed by atoms with Crippen molar-refractivity contribution in [1.82, 2.24) is 0 Å². The highest BCUT2D eigenvalue weighted by Crippen LogP contribution is 2.24. The molecule has 0 aliphatic carbocycles. The molecule has 2 heteroatoms. The van der Waals surface area contributed by atoms with Crippen molar-refractivity contribution >= 4 is 5.78 Å². The van der Waals surface area contributed by atoms with E-state index in [1.807, 2.05) is 24.3 Å². The number of fused-ring (bicyclic) bond motifs is 1. The maximum Gasteiger partial charge on any atom is 0.177 e. The van der Waals surface area contributed by atoms with Gasteiger partial charge in [-0.1, -0.05) is 18.2 Å². The molecule has 12 heavy (non-hydrogen) atoms. The standard InChI is InChI=1S/C10H10O2/c1-7-9(11)6-8-4-2-3-5-10(8)12-7/h2-5,7H,6H2,1H3/t7-/m1/s1. The molecule has 62 valence electrons. The van der Waals surface area contributed by atoms with Gasteiger partial charge >= 0.3 is 0 Å². The number of ether oxygens (including phenoxy) is 1. The lowest BCUT2D eigenvalue weighted by Gasteiger charge is -2.21. The summed E-state index contributed by atoms with van der Waals surface area (Å²) in [5.41, 5.74) is 1.00. The third kappa shape index (κ3) is 1.09. The Labute approximate surface area is 71.2 Å². The summed E-state index contributed by atoms with van der Waals surface area (Å²) in [6.45, 7) is 1.79. The summed E-state index contributed by atoms with van der Waals surface area (Å²) in [5, 5.41) is 0. The zero-order valence-corrected chi connectivity index (χ0v) is 6.91. The van der Waals surface area contributed by atoms with Gasteiger partial charge in [0.25, 0.3) is 0 Å². The smallest absolute Gasteiger partial charge is 0.177 e. The van der Waals surface area contributed by atoms with E-state index >= 15 is 0 Å². The highest BCUT2D eigenvalue weighted by Gasteiger charge is 2.22. The minimum atomic E-state index is -0.278. The summed E-state index contributed by atoms with van der Waals surface area (Å²) in [6.07, 6.45) is 0.233. The van der Waals surface area contributed by atoms with Gasteiger partial charge in [0.15, 0.2) is 11.9 Å². The molecule has 2 nitrogen and oxygen atoms in total. The van der Waals surface area contributed by atoms with E-state index in [2.05, 4.69) is 0 Å². The van der Waals surface area contributed by atoms with Crippen LogP contribution < -0.4 is 4.74 Å². The van der Waals surface area contributed by atoms with Crippen molar-refractivity contribution in [3.05, 3.63) is 29.8 Å². The first-order valence-electron chi connectivity index (χ1n) is 4.04. The fourth-order valence-corrected chi connectivity index (χ4v) is 1.35. The summed E-state index contributed by atoms with van der Waals surface area (Å²) in [5.74, 6) is 1.01. The molecule has 0 aromatic heterocycles. The van der Waals surface area contributed by atoms with Gasteiger partial charge < -0.3 is 4.74 Å². The van der Waals surface area contributed by atoms with Crippen LogP contribution in [0.25, 0.3) is 0 Å². The van der Waals surface area contributed by atoms with E-state index in [1.54, 1.807) is 6.92 Å². The molecule has 0 N–H and O–H groups in total. The predicted molar refractivity (Wildman–Crippen MR) is 45.2 cm³/mol. The zero-order valence-electron chi connectivity index (χ0n) is 6.91. The van der Waals surface area contributed by atoms with Crippen molar-refractivity contribution in [2.24, 2.45) is 0 Å². The molecule has 1 aromatic rings. The molecule has 1 aliphatic heterocycles. The quantitative estimate of drug-likeness (QED) is 0.579. The molecule has 0 bridgehead atoms. The van der Waals surface area contributed by atoms with Crippen LogP contribution in [0.15, 0.2) is 24.3 Å². The number of rotatable bonds is 0. The number of Topliss-reactive ketones (excluding diaryl/α,β-unsaturated/α-hetero) is 1. The molecule has 2 rings (SSSR count). The molecule has 0 amide bonds. The molecule has 0 radical (unpaired) electrons. The number of ketones is 1. The average molecular weight is 162 g/mol. The number of hydrogen-bond acceptors (Lipinski definition) is 2. The van der Waals surface area contributed by atoms with E-state index in [0.717, 1.165) is 11.3 Å². The Morgan fingerprint density at radius 3 is 3.00 bits per heavy atom. The van der Waals surface area contributed by atoms with Crippen LogP contribution >= 0.6 is 0 Å². The Morgan fingerprint density at radius 2 is 2.17 bits per heavy atom. The first kappa shape index (κ1) is 7.35. The second kappa shape index (κ2) is 2.63. The topological polar surface area (TPSA) is 26.3 Å². The van der Waals surface area contributed by atoms with Gasteiger partial charge in [-0.3, -0.25) is 4.79 Å². The molecule has 1 atom stereocenters. The molecule has 0 fully saturated rings. The van der Waals surface area contributed by atoms with Crippen molar-refractivity contribution in [1.29, 1.82) is 0 Å². The molecule has 1 aromatic carbocycles. The summed E-state index contributed by atoms with van der Waals surface area (Å²) in [6, 6.07) is 7.67. The molecule has 0 saturated heterocycles. The van der Waals surface area contributed by atoms with E-state index in [1.165, 1.54) is 0 Å². The van der Waals surface area contributed by atoms with Gasteiger partial charge in [-0.25, -0.2) is 0 Å². The van der Waals surface area contributed by atoms with Gasteiger partial charge in [0.05, 0.1) is 0 Å². The SMILES string of the molecule is C[C@H]1Oc2ccccc2CC1=O. The largest absolute Gasteiger partial charge is 0.483 e. The maximum absolute atomic E-state index is 11.2. The zero-order chi connectivity index (χ0) is 8.55. The molecule has 1 heterocycles. The fraction of sp³-hybridized carbons (Fsp3) is 0.300. The first-order chi connectivity index (χ1) is 5.77. The Hall–Kier alpha value is -1.31. The van der Waals surface area contributed by atoms with Crippen LogP contribution in [0.2, 0.25) is 0 Å². The van der Waals surface area contributed by atoms with Crippen LogP contribution in [0.5, 0.6) is 5.75 Å². The molecule has 1 aliphatic rings. The van der Waals surface area contributed by atoms with Gasteiger partial charge in [0.1, 0.15) is 5.75 Å². The first-order valence-corrected chi connectivity index (χ1v) is 4.04. The summed E-state index contributed by atoms with van der Waals surface area (Å²) >= 11 is 0. The predicted octanol–water partition coefficient (Wildman–Crippen LogP) is 1.58. The van der Waals surface area contributed by atoms with Crippen LogP contribution in [0.1, 0.15) is 12.5 Å². The van der Waals surface area contributed by atoms with Gasteiger partial charge in [-0.05, 0) is 13.0 Å². The van der Waals surface area contributed by atoms with Crippen LogP contribution in [-0.4, -0.2) is 11.9 Å². The van der Waals surface area contributed by atoms with E-state index in [4.69, 9.17) is 4.74 Å². The van der Waals surface area contributed by atoms with Gasteiger partial charge in [-0.2, -0.15) is 0 Å². The van der Waals surface area contributed by atoms with Gasteiger partial charge in [-0.15, -0.1) is 0 Å². The highest BCUT2D eigenvalue weighted by atomic mass is 16.5. The third-order valence-corrected chi connectivity index (χ3v) is 2.09. The van der Waals surface area contributed by atoms with Crippen molar-refractivity contribution in [2.75, 3.05) is 0 Å². The minimum absolute atomic E-state index is 0.161. The number of hydrogen-bond donors (Lipinski definition) is 0. The van der Waals surface area contributed by atoms with Crippen LogP contribution in [-0.2, 0) is 11.2 Å². The van der Waals surface area contributed by atoms with E-state index < -0.39 is 0 Å². The minimum Gasteiger partial charge on any atom is -0.483 e. The Kier molecular flexibility index (Phi) is 1.61. The third-order valence-electron chi connectivity index (χ3n) is 2.09. The summed E-state index contributed by atoms with van der Waals surface area (Å²) in [7, 11) is 0. The number of carbonyl (C=O) groups is 1. The molecule has 0 spiro atoms. The molecular formula is C10H10O2. The lowest BCUT2D eigenvalue weighted by molar-refractivity contribution is -0.125. The van der Waals surface area contributed by atoms with Crippen molar-refractivity contribution in [3.63, 3.8) is 0 Å². The van der Waals surface area contributed by atoms with E-state index in [-0.39, 0.29) is 11.9 Å². The number of benzene rings is 1. The highest BCUT2D eigenvalue weighted by molar-refractivity contribution is 5.87. The second-order valence-electron chi connectivity index (χ2n) is 3.01. The second-order valence-corrected chi connectivity index (χ2v) is 3.01. The normalized spacial score (nSPS) is 21.4. The van der Waals surface area contributed by atoms with E-state index in [0.29, 0.717) is 6.42 Å². The van der Waals surface area contributed by atoms with Gasteiger partial charge in [0, 0.05) is 12.0 Å². The van der Waals surface area contributed by atoms with Crippen LogP contribution in [0, 0.1) is 0 Å². The van der Waals surface area contributed by atoms with Crippen LogP contribution in [0.4, 0.5) is 0 Å². The maximum atomic E-state index is 11.2. The number of carbonyl (C=O) groups excluding carboxylic acids is 1. The number of para-hydroxylation sites is 1. The van der Waals surface area contributed by atoms with Crippen molar-refractivity contribution in [2.45, 2.75) is 19.4 Å².